The van der Waals surface area contributed by atoms with E-state index in [0.717, 1.165) is 12.1 Å². The number of fused-ring (bicyclic) bond motifs is 1. The molecule has 7 nitrogen and oxygen atoms in total. The number of hydrogen-bond acceptors (Lipinski definition) is 5. The van der Waals surface area contributed by atoms with Crippen LogP contribution in [0.4, 0.5) is 11.5 Å². The SMILES string of the molecule is CC(Nc1c(-c2cc(N3CCCC3=O)ccc2Cl)c(Cl)nc2ncnn12)C(C)(C)C. The summed E-state index contributed by atoms with van der Waals surface area (Å²) in [6, 6.07) is 5.63. The fourth-order valence-electron chi connectivity index (χ4n) is 3.40. The second kappa shape index (κ2) is 7.71. The summed E-state index contributed by atoms with van der Waals surface area (Å²) in [7, 11) is 0. The number of hydrogen-bond donors (Lipinski definition) is 1. The highest BCUT2D eigenvalue weighted by molar-refractivity contribution is 6.36. The summed E-state index contributed by atoms with van der Waals surface area (Å²) >= 11 is 13.2. The average Bonchev–Trinajstić information content (AvgIpc) is 3.30. The van der Waals surface area contributed by atoms with Crippen LogP contribution in [0.3, 0.4) is 0 Å². The topological polar surface area (TPSA) is 75.4 Å². The molecule has 1 atom stereocenters. The normalized spacial score (nSPS) is 15.8. The van der Waals surface area contributed by atoms with E-state index in [1.54, 1.807) is 15.5 Å². The first-order valence-electron chi connectivity index (χ1n) is 9.93. The second-order valence-corrected chi connectivity index (χ2v) is 9.41. The predicted octanol–water partition coefficient (Wildman–Crippen LogP) is 5.07. The van der Waals surface area contributed by atoms with E-state index in [0.29, 0.717) is 40.7 Å². The van der Waals surface area contributed by atoms with Crippen molar-refractivity contribution in [1.29, 1.82) is 0 Å². The maximum Gasteiger partial charge on any atom is 0.255 e. The van der Waals surface area contributed by atoms with Gasteiger partial charge < -0.3 is 10.2 Å². The number of aromatic nitrogens is 4. The second-order valence-electron chi connectivity index (χ2n) is 8.64. The van der Waals surface area contributed by atoms with Crippen LogP contribution >= 0.6 is 23.2 Å². The number of nitrogens with zero attached hydrogens (tertiary/aromatic N) is 5. The molecule has 1 aliphatic rings. The highest BCUT2D eigenvalue weighted by atomic mass is 35.5. The van der Waals surface area contributed by atoms with Gasteiger partial charge in [-0.1, -0.05) is 44.0 Å². The van der Waals surface area contributed by atoms with Crippen LogP contribution in [-0.4, -0.2) is 38.1 Å². The van der Waals surface area contributed by atoms with E-state index in [1.807, 2.05) is 12.1 Å². The molecule has 1 fully saturated rings. The van der Waals surface area contributed by atoms with Crippen LogP contribution in [-0.2, 0) is 4.79 Å². The number of amides is 1. The van der Waals surface area contributed by atoms with Crippen molar-refractivity contribution >= 4 is 46.4 Å². The first kappa shape index (κ1) is 20.9. The maximum absolute atomic E-state index is 12.3. The van der Waals surface area contributed by atoms with E-state index in [1.165, 1.54) is 6.33 Å². The van der Waals surface area contributed by atoms with Crippen molar-refractivity contribution in [1.82, 2.24) is 19.6 Å². The van der Waals surface area contributed by atoms with Gasteiger partial charge in [-0.05, 0) is 37.0 Å². The number of carbonyl (C=O) groups excluding carboxylic acids is 1. The number of nitrogens with one attached hydrogen (secondary N) is 1. The molecule has 1 aliphatic heterocycles. The molecule has 1 unspecified atom stereocenters. The number of carbonyl (C=O) groups is 1. The smallest absolute Gasteiger partial charge is 0.255 e. The molecule has 0 saturated carbocycles. The third-order valence-corrected chi connectivity index (χ3v) is 6.24. The van der Waals surface area contributed by atoms with Gasteiger partial charge in [0.1, 0.15) is 17.3 Å². The molecular formula is C21H24Cl2N6O. The van der Waals surface area contributed by atoms with Crippen molar-refractivity contribution in [3.63, 3.8) is 0 Å². The van der Waals surface area contributed by atoms with Crippen molar-refractivity contribution in [2.45, 2.75) is 46.6 Å². The van der Waals surface area contributed by atoms with E-state index in [-0.39, 0.29) is 22.5 Å². The van der Waals surface area contributed by atoms with Gasteiger partial charge in [0.2, 0.25) is 5.91 Å². The predicted molar refractivity (Wildman–Crippen MR) is 120 cm³/mol. The minimum Gasteiger partial charge on any atom is -0.366 e. The van der Waals surface area contributed by atoms with Gasteiger partial charge in [-0.3, -0.25) is 4.79 Å². The fraction of sp³-hybridized carbons (Fsp3) is 0.429. The summed E-state index contributed by atoms with van der Waals surface area (Å²) < 4.78 is 1.63. The fourth-order valence-corrected chi connectivity index (χ4v) is 3.88. The molecule has 0 spiro atoms. The van der Waals surface area contributed by atoms with Crippen LogP contribution in [0, 0.1) is 5.41 Å². The molecule has 0 bridgehead atoms. The first-order valence-corrected chi connectivity index (χ1v) is 10.7. The molecule has 3 aromatic rings. The van der Waals surface area contributed by atoms with Crippen LogP contribution in [0.2, 0.25) is 10.2 Å². The highest BCUT2D eigenvalue weighted by Crippen LogP contribution is 2.41. The Morgan fingerprint density at radius 3 is 2.67 bits per heavy atom. The Morgan fingerprint density at radius 2 is 2.00 bits per heavy atom. The van der Waals surface area contributed by atoms with E-state index in [2.05, 4.69) is 48.1 Å². The Morgan fingerprint density at radius 1 is 1.23 bits per heavy atom. The van der Waals surface area contributed by atoms with Crippen LogP contribution < -0.4 is 10.2 Å². The highest BCUT2D eigenvalue weighted by Gasteiger charge is 2.27. The zero-order chi connectivity index (χ0) is 21.6. The summed E-state index contributed by atoms with van der Waals surface area (Å²) in [5.41, 5.74) is 2.09. The van der Waals surface area contributed by atoms with Gasteiger partial charge in [-0.2, -0.15) is 19.6 Å². The molecule has 9 heteroatoms. The molecule has 0 radical (unpaired) electrons. The molecule has 1 aromatic carbocycles. The summed E-state index contributed by atoms with van der Waals surface area (Å²) in [5.74, 6) is 1.17. The lowest BCUT2D eigenvalue weighted by molar-refractivity contribution is -0.117. The quantitative estimate of drug-likeness (QED) is 0.565. The van der Waals surface area contributed by atoms with Crippen molar-refractivity contribution in [2.24, 2.45) is 5.41 Å². The van der Waals surface area contributed by atoms with E-state index < -0.39 is 0 Å². The summed E-state index contributed by atoms with van der Waals surface area (Å²) in [4.78, 5) is 22.6. The molecule has 1 N–H and O–H groups in total. The standard InChI is InChI=1S/C21H24Cl2N6O/c1-12(21(2,3)4)26-19-17(18(23)27-20-24-11-25-29(19)20)14-10-13(7-8-15(14)22)28-9-5-6-16(28)30/h7-8,10-12,26H,5-6,9H2,1-4H3. The van der Waals surface area contributed by atoms with Gasteiger partial charge in [0.25, 0.3) is 5.78 Å². The van der Waals surface area contributed by atoms with E-state index >= 15 is 0 Å². The van der Waals surface area contributed by atoms with Gasteiger partial charge in [0.05, 0.1) is 5.56 Å². The average molecular weight is 447 g/mol. The van der Waals surface area contributed by atoms with E-state index in [4.69, 9.17) is 23.2 Å². The monoisotopic (exact) mass is 446 g/mol. The van der Waals surface area contributed by atoms with Crippen LogP contribution in [0.5, 0.6) is 0 Å². The number of anilines is 2. The van der Waals surface area contributed by atoms with Crippen molar-refractivity contribution in [3.05, 3.63) is 34.7 Å². The largest absolute Gasteiger partial charge is 0.366 e. The third kappa shape index (κ3) is 3.72. The summed E-state index contributed by atoms with van der Waals surface area (Å²) in [6.07, 6.45) is 2.84. The number of benzene rings is 1. The molecule has 2 aromatic heterocycles. The number of rotatable bonds is 4. The van der Waals surface area contributed by atoms with Gasteiger partial charge in [0, 0.05) is 35.3 Å². The third-order valence-electron chi connectivity index (χ3n) is 5.64. The summed E-state index contributed by atoms with van der Waals surface area (Å²) in [6.45, 7) is 9.25. The Bertz CT molecular complexity index is 1120. The molecule has 1 amide bonds. The van der Waals surface area contributed by atoms with Crippen LogP contribution in [0.15, 0.2) is 24.5 Å². The van der Waals surface area contributed by atoms with Gasteiger partial charge in [0.15, 0.2) is 0 Å². The molecule has 30 heavy (non-hydrogen) atoms. The van der Waals surface area contributed by atoms with Gasteiger partial charge in [-0.15, -0.1) is 0 Å². The minimum absolute atomic E-state index is 0.0203. The van der Waals surface area contributed by atoms with Crippen LogP contribution in [0.1, 0.15) is 40.5 Å². The lowest BCUT2D eigenvalue weighted by Gasteiger charge is -2.30. The molecule has 0 aliphatic carbocycles. The lowest BCUT2D eigenvalue weighted by Crippen LogP contribution is -2.32. The molecule has 1 saturated heterocycles. The molecule has 4 rings (SSSR count). The van der Waals surface area contributed by atoms with Crippen molar-refractivity contribution in [2.75, 3.05) is 16.8 Å². The van der Waals surface area contributed by atoms with Gasteiger partial charge >= 0.3 is 0 Å². The summed E-state index contributed by atoms with van der Waals surface area (Å²) in [5, 5.41) is 8.66. The van der Waals surface area contributed by atoms with E-state index in [9.17, 15) is 4.79 Å². The molecular weight excluding hydrogens is 423 g/mol. The molecule has 158 valence electrons. The number of halogens is 2. The zero-order valence-corrected chi connectivity index (χ0v) is 18.9. The Kier molecular flexibility index (Phi) is 5.36. The minimum atomic E-state index is -0.0203. The zero-order valence-electron chi connectivity index (χ0n) is 17.4. The lowest BCUT2D eigenvalue weighted by atomic mass is 9.88. The van der Waals surface area contributed by atoms with Crippen LogP contribution in [0.25, 0.3) is 16.9 Å². The Balaban J connectivity index is 1.91. The van der Waals surface area contributed by atoms with Gasteiger partial charge in [-0.25, -0.2) is 0 Å². The van der Waals surface area contributed by atoms with Crippen molar-refractivity contribution in [3.8, 4) is 11.1 Å². The first-order chi connectivity index (χ1) is 14.2. The Hall–Kier alpha value is -2.38. The molecule has 3 heterocycles. The maximum atomic E-state index is 12.3. The Labute approximate surface area is 185 Å². The van der Waals surface area contributed by atoms with Crippen molar-refractivity contribution < 1.29 is 4.79 Å².